The summed E-state index contributed by atoms with van der Waals surface area (Å²) in [6.45, 7) is 10.5. The van der Waals surface area contributed by atoms with Crippen LogP contribution in [0.25, 0.3) is 21.8 Å². The lowest BCUT2D eigenvalue weighted by molar-refractivity contribution is -0.978. The first kappa shape index (κ1) is 27.4. The molecule has 4 N–H and O–H groups in total. The highest BCUT2D eigenvalue weighted by Crippen LogP contribution is 2.61. The van der Waals surface area contributed by atoms with Crippen molar-refractivity contribution in [1.82, 2.24) is 15.3 Å². The Morgan fingerprint density at radius 2 is 1.87 bits per heavy atom. The lowest BCUT2D eigenvalue weighted by atomic mass is 9.60. The molecular formula is C40H45N4O3+. The van der Waals surface area contributed by atoms with Gasteiger partial charge < -0.3 is 34.3 Å². The molecule has 0 amide bonds. The van der Waals surface area contributed by atoms with Crippen molar-refractivity contribution in [2.24, 2.45) is 29.6 Å². The number of hydrogen-bond acceptors (Lipinski definition) is 4. The second-order valence-electron chi connectivity index (χ2n) is 16.2. The highest BCUT2D eigenvalue weighted by atomic mass is 16.7. The quantitative estimate of drug-likeness (QED) is 0.143. The van der Waals surface area contributed by atoms with Crippen LogP contribution < -0.4 is 10.1 Å². The van der Waals surface area contributed by atoms with Crippen molar-refractivity contribution in [1.29, 1.82) is 0 Å². The second-order valence-corrected chi connectivity index (χ2v) is 16.2. The average molecular weight is 630 g/mol. The summed E-state index contributed by atoms with van der Waals surface area (Å²) in [5.41, 5.74) is 11.2. The van der Waals surface area contributed by atoms with Gasteiger partial charge in [-0.1, -0.05) is 37.8 Å². The Morgan fingerprint density at radius 1 is 1.02 bits per heavy atom. The minimum Gasteiger partial charge on any atom is -0.459 e. The van der Waals surface area contributed by atoms with Crippen LogP contribution >= 0.6 is 0 Å². The van der Waals surface area contributed by atoms with Gasteiger partial charge in [0, 0.05) is 81.7 Å². The summed E-state index contributed by atoms with van der Waals surface area (Å²) in [5, 5.41) is 17.5. The van der Waals surface area contributed by atoms with Crippen molar-refractivity contribution in [2.75, 3.05) is 20.2 Å². The summed E-state index contributed by atoms with van der Waals surface area (Å²) in [4.78, 5) is 7.80. The lowest BCUT2D eigenvalue weighted by Crippen LogP contribution is -2.70. The van der Waals surface area contributed by atoms with Crippen LogP contribution in [0.3, 0.4) is 0 Å². The fourth-order valence-corrected chi connectivity index (χ4v) is 12.6. The number of aliphatic hydroxyl groups excluding tert-OH is 1. The Kier molecular flexibility index (Phi) is 5.33. The van der Waals surface area contributed by atoms with E-state index in [0.717, 1.165) is 48.2 Å². The van der Waals surface area contributed by atoms with Gasteiger partial charge in [0.2, 0.25) is 6.29 Å². The van der Waals surface area contributed by atoms with Crippen LogP contribution in [0.15, 0.2) is 60.4 Å². The zero-order valence-electron chi connectivity index (χ0n) is 27.6. The lowest BCUT2D eigenvalue weighted by Gasteiger charge is -2.62. The van der Waals surface area contributed by atoms with Gasteiger partial charge in [0.1, 0.15) is 18.3 Å². The van der Waals surface area contributed by atoms with Gasteiger partial charge in [-0.2, -0.15) is 0 Å². The smallest absolute Gasteiger partial charge is 0.244 e. The molecule has 5 saturated heterocycles. The second kappa shape index (κ2) is 9.13. The molecule has 8 aliphatic heterocycles. The molecule has 0 saturated carbocycles. The third kappa shape index (κ3) is 3.29. The normalized spacial score (nSPS) is 41.5. The minimum atomic E-state index is -0.316. The molecule has 10 heterocycles. The van der Waals surface area contributed by atoms with Gasteiger partial charge in [-0.3, -0.25) is 0 Å². The number of nitrogens with one attached hydrogen (secondary N) is 3. The average Bonchev–Trinajstić information content (AvgIpc) is 3.62. The van der Waals surface area contributed by atoms with Crippen molar-refractivity contribution < 1.29 is 19.1 Å². The number of hydrogen-bond donors (Lipinski definition) is 4. The molecule has 47 heavy (non-hydrogen) atoms. The monoisotopic (exact) mass is 629 g/mol. The van der Waals surface area contributed by atoms with E-state index in [1.807, 2.05) is 0 Å². The minimum absolute atomic E-state index is 0.238. The number of allylic oxidation sites excluding steroid dienone is 1. The van der Waals surface area contributed by atoms with E-state index in [2.05, 4.69) is 85.2 Å². The van der Waals surface area contributed by atoms with Crippen LogP contribution in [-0.2, 0) is 17.6 Å². The molecule has 2 aromatic heterocycles. The Hall–Kier alpha value is -3.52. The van der Waals surface area contributed by atoms with Gasteiger partial charge in [0.05, 0.1) is 31.1 Å². The summed E-state index contributed by atoms with van der Waals surface area (Å²) in [5.74, 6) is 3.83. The number of benzene rings is 2. The highest BCUT2D eigenvalue weighted by Gasteiger charge is 2.62. The fourth-order valence-electron chi connectivity index (χ4n) is 12.6. The molecule has 0 spiro atoms. The summed E-state index contributed by atoms with van der Waals surface area (Å²) < 4.78 is 14.6. The Balaban J connectivity index is 1.02. The number of H-pyrrole nitrogens is 2. The maximum absolute atomic E-state index is 10.7. The number of fused-ring (bicyclic) bond motifs is 16. The van der Waals surface area contributed by atoms with Crippen LogP contribution in [0.5, 0.6) is 5.75 Å². The Labute approximate surface area is 275 Å². The van der Waals surface area contributed by atoms with E-state index in [1.165, 1.54) is 49.9 Å². The molecule has 5 fully saturated rings. The number of aromatic amines is 2. The van der Waals surface area contributed by atoms with Crippen LogP contribution in [0.4, 0.5) is 0 Å². The number of piperidine rings is 4. The van der Waals surface area contributed by atoms with Crippen LogP contribution in [-0.4, -0.2) is 58.1 Å². The molecule has 7 heteroatoms. The Bertz CT molecular complexity index is 2060. The van der Waals surface area contributed by atoms with E-state index < -0.39 is 0 Å². The summed E-state index contributed by atoms with van der Waals surface area (Å²) >= 11 is 0. The Morgan fingerprint density at radius 3 is 2.72 bits per heavy atom. The SMILES string of the molecule is C=C1OC2Oc3ccc4[nH]c5c(c4c3C(C)C2C2CC3NC(Cc4c3[nH]c3ccccc43)C12)CC1C(CO)C2CC5[N+]1(C)C/C2=C\C. The molecule has 0 radical (unpaired) electrons. The number of aromatic nitrogens is 2. The van der Waals surface area contributed by atoms with E-state index in [0.29, 0.717) is 41.9 Å². The summed E-state index contributed by atoms with van der Waals surface area (Å²) in [6.07, 6.45) is 6.17. The number of quaternary nitrogens is 1. The predicted molar refractivity (Wildman–Crippen MR) is 182 cm³/mol. The molecular weight excluding hydrogens is 584 g/mol. The predicted octanol–water partition coefficient (Wildman–Crippen LogP) is 6.52. The van der Waals surface area contributed by atoms with Crippen LogP contribution in [0.1, 0.15) is 72.8 Å². The van der Waals surface area contributed by atoms with Crippen molar-refractivity contribution in [3.8, 4) is 5.75 Å². The maximum Gasteiger partial charge on any atom is 0.244 e. The van der Waals surface area contributed by atoms with E-state index >= 15 is 0 Å². The molecule has 12 rings (SSSR count). The number of likely N-dealkylation sites (N-methyl/N-ethyl adjacent to an activating group) is 1. The summed E-state index contributed by atoms with van der Waals surface area (Å²) in [7, 11) is 2.45. The molecule has 12 unspecified atom stereocenters. The summed E-state index contributed by atoms with van der Waals surface area (Å²) in [6, 6.07) is 14.6. The van der Waals surface area contributed by atoms with E-state index in [-0.39, 0.29) is 30.7 Å². The molecule has 6 bridgehead atoms. The first-order valence-electron chi connectivity index (χ1n) is 18.0. The molecule has 242 valence electrons. The molecule has 4 aromatic rings. The van der Waals surface area contributed by atoms with Gasteiger partial charge in [-0.05, 0) is 66.5 Å². The van der Waals surface area contributed by atoms with Crippen molar-refractivity contribution >= 4 is 21.8 Å². The third-order valence-corrected chi connectivity index (χ3v) is 14.5. The van der Waals surface area contributed by atoms with Gasteiger partial charge >= 0.3 is 0 Å². The van der Waals surface area contributed by atoms with Crippen molar-refractivity contribution in [3.63, 3.8) is 0 Å². The van der Waals surface area contributed by atoms with E-state index in [9.17, 15) is 5.11 Å². The molecule has 12 atom stereocenters. The van der Waals surface area contributed by atoms with E-state index in [4.69, 9.17) is 9.47 Å². The largest absolute Gasteiger partial charge is 0.459 e. The highest BCUT2D eigenvalue weighted by molar-refractivity contribution is 5.91. The van der Waals surface area contributed by atoms with Gasteiger partial charge in [-0.15, -0.1) is 0 Å². The first-order chi connectivity index (χ1) is 22.9. The van der Waals surface area contributed by atoms with Gasteiger partial charge in [0.15, 0.2) is 0 Å². The number of ether oxygens (including phenoxy) is 2. The molecule has 2 aromatic carbocycles. The number of rotatable bonds is 1. The first-order valence-corrected chi connectivity index (χ1v) is 18.0. The van der Waals surface area contributed by atoms with Gasteiger partial charge in [0.25, 0.3) is 0 Å². The number of nitrogens with zero attached hydrogens (tertiary/aromatic N) is 1. The zero-order chi connectivity index (χ0) is 31.5. The van der Waals surface area contributed by atoms with Crippen LogP contribution in [0, 0.1) is 29.6 Å². The standard InChI is InChI=1S/C40H45N4O3/c1-5-20-16-44(4)31-15-25-37-28(43-39(25)32(44)14-22(20)26(31)17-45)10-11-33-35(37)18(2)34-24-13-30-38-23(21-8-6-7-9-27(21)42-38)12-29(41-30)36(24)19(3)46-40(34)47-33/h5-11,18,22,24,26,29-32,34,36,40-43,45H,3,12-17H2,1-2,4H3/q+1/b20-5+. The van der Waals surface area contributed by atoms with Crippen molar-refractivity contribution in [3.05, 3.63) is 88.5 Å². The number of aliphatic hydroxyl groups is 1. The van der Waals surface area contributed by atoms with Crippen LogP contribution in [0.2, 0.25) is 0 Å². The third-order valence-electron chi connectivity index (χ3n) is 14.5. The zero-order valence-corrected chi connectivity index (χ0v) is 27.6. The molecule has 0 aliphatic carbocycles. The molecule has 7 nitrogen and oxygen atoms in total. The molecule has 8 aliphatic rings. The maximum atomic E-state index is 10.7. The van der Waals surface area contributed by atoms with Crippen molar-refractivity contribution in [2.45, 2.75) is 75.9 Å². The number of para-hydroxylation sites is 1. The topological polar surface area (TPSA) is 82.3 Å². The fraction of sp³-hybridized carbons (Fsp3) is 0.500. The van der Waals surface area contributed by atoms with E-state index in [1.54, 1.807) is 5.57 Å². The van der Waals surface area contributed by atoms with Gasteiger partial charge in [-0.25, -0.2) is 0 Å².